The van der Waals surface area contributed by atoms with Gasteiger partial charge in [0.1, 0.15) is 6.61 Å². The van der Waals surface area contributed by atoms with Gasteiger partial charge in [-0.05, 0) is 18.7 Å². The van der Waals surface area contributed by atoms with E-state index in [-0.39, 0.29) is 5.91 Å². The molecule has 0 aromatic heterocycles. The van der Waals surface area contributed by atoms with Crippen molar-refractivity contribution >= 4 is 5.91 Å². The van der Waals surface area contributed by atoms with E-state index in [9.17, 15) is 4.79 Å². The second-order valence-corrected chi connectivity index (χ2v) is 3.24. The zero-order valence-corrected chi connectivity index (χ0v) is 9.27. The lowest BCUT2D eigenvalue weighted by atomic mass is 10.2. The van der Waals surface area contributed by atoms with Crippen molar-refractivity contribution in [3.8, 4) is 0 Å². The summed E-state index contributed by atoms with van der Waals surface area (Å²) in [5, 5.41) is 2.44. The molecule has 1 aromatic carbocycles. The molecule has 84 valence electrons. The van der Waals surface area contributed by atoms with Gasteiger partial charge >= 0.3 is 0 Å². The van der Waals surface area contributed by atoms with Gasteiger partial charge in [0, 0.05) is 6.08 Å². The van der Waals surface area contributed by atoms with Gasteiger partial charge in [0.05, 0.1) is 5.76 Å². The molecule has 0 atom stereocenters. The van der Waals surface area contributed by atoms with Gasteiger partial charge in [-0.3, -0.25) is 4.79 Å². The summed E-state index contributed by atoms with van der Waals surface area (Å²) in [4.78, 5) is 11.1. The molecule has 0 saturated carbocycles. The van der Waals surface area contributed by atoms with Crippen molar-refractivity contribution in [2.24, 2.45) is 0 Å². The molecule has 0 bridgehead atoms. The first-order valence-corrected chi connectivity index (χ1v) is 4.99. The summed E-state index contributed by atoms with van der Waals surface area (Å²) in [6.45, 7) is 5.60. The molecule has 0 fully saturated rings. The van der Waals surface area contributed by atoms with Crippen molar-refractivity contribution in [3.63, 3.8) is 0 Å². The van der Waals surface area contributed by atoms with Crippen LogP contribution in [-0.2, 0) is 16.1 Å². The molecule has 0 radical (unpaired) electrons. The van der Waals surface area contributed by atoms with E-state index in [1.807, 2.05) is 30.3 Å². The number of carbonyl (C=O) groups is 1. The van der Waals surface area contributed by atoms with Crippen molar-refractivity contribution < 1.29 is 9.53 Å². The molecule has 0 saturated heterocycles. The highest BCUT2D eigenvalue weighted by atomic mass is 16.5. The Kier molecular flexibility index (Phi) is 4.86. The highest BCUT2D eigenvalue weighted by Gasteiger charge is 1.97. The lowest BCUT2D eigenvalue weighted by molar-refractivity contribution is -0.115. The second kappa shape index (κ2) is 6.45. The van der Waals surface area contributed by atoms with Gasteiger partial charge < -0.3 is 10.1 Å². The zero-order chi connectivity index (χ0) is 11.8. The molecule has 1 aromatic rings. The third kappa shape index (κ3) is 4.46. The zero-order valence-electron chi connectivity index (χ0n) is 9.27. The molecule has 3 nitrogen and oxygen atoms in total. The van der Waals surface area contributed by atoms with Crippen LogP contribution in [-0.4, -0.2) is 5.91 Å². The maximum Gasteiger partial charge on any atom is 0.251 e. The Morgan fingerprint density at radius 3 is 2.75 bits per heavy atom. The minimum atomic E-state index is -0.236. The van der Waals surface area contributed by atoms with E-state index in [1.165, 1.54) is 12.3 Å². The van der Waals surface area contributed by atoms with Crippen molar-refractivity contribution in [1.82, 2.24) is 5.32 Å². The molecule has 1 rings (SSSR count). The molecule has 0 aliphatic carbocycles. The van der Waals surface area contributed by atoms with Gasteiger partial charge in [-0.2, -0.15) is 0 Å². The van der Waals surface area contributed by atoms with Crippen LogP contribution < -0.4 is 5.32 Å². The predicted molar refractivity (Wildman–Crippen MR) is 63.3 cm³/mol. The van der Waals surface area contributed by atoms with Crippen LogP contribution in [0.15, 0.2) is 54.9 Å². The summed E-state index contributed by atoms with van der Waals surface area (Å²) < 4.78 is 5.41. The van der Waals surface area contributed by atoms with Gasteiger partial charge in [-0.1, -0.05) is 36.9 Å². The molecule has 0 aliphatic rings. The van der Waals surface area contributed by atoms with E-state index in [2.05, 4.69) is 11.9 Å². The van der Waals surface area contributed by atoms with Crippen LogP contribution in [0, 0.1) is 0 Å². The fraction of sp³-hybridized carbons (Fsp3) is 0.154. The summed E-state index contributed by atoms with van der Waals surface area (Å²) in [7, 11) is 0. The SMILES string of the molecule is C=CNC(=O)/C=C(\C)OCc1ccccc1. The third-order valence-electron chi connectivity index (χ3n) is 1.89. The van der Waals surface area contributed by atoms with Crippen LogP contribution in [0.1, 0.15) is 12.5 Å². The Hall–Kier alpha value is -2.03. The van der Waals surface area contributed by atoms with Crippen molar-refractivity contribution in [2.45, 2.75) is 13.5 Å². The maximum atomic E-state index is 11.1. The molecule has 16 heavy (non-hydrogen) atoms. The van der Waals surface area contributed by atoms with Gasteiger partial charge in [0.15, 0.2) is 0 Å². The Morgan fingerprint density at radius 1 is 1.44 bits per heavy atom. The van der Waals surface area contributed by atoms with Crippen LogP contribution >= 0.6 is 0 Å². The number of ether oxygens (including phenoxy) is 1. The molecule has 0 aliphatic heterocycles. The Labute approximate surface area is 95.4 Å². The van der Waals surface area contributed by atoms with E-state index in [4.69, 9.17) is 4.74 Å². The van der Waals surface area contributed by atoms with Crippen molar-refractivity contribution in [3.05, 3.63) is 60.5 Å². The van der Waals surface area contributed by atoms with E-state index in [0.717, 1.165) is 5.56 Å². The van der Waals surface area contributed by atoms with Crippen molar-refractivity contribution in [1.29, 1.82) is 0 Å². The summed E-state index contributed by atoms with van der Waals surface area (Å²) in [5.41, 5.74) is 1.07. The topological polar surface area (TPSA) is 38.3 Å². The van der Waals surface area contributed by atoms with Gasteiger partial charge in [0.25, 0.3) is 5.91 Å². The third-order valence-corrected chi connectivity index (χ3v) is 1.89. The Balaban J connectivity index is 2.43. The lowest BCUT2D eigenvalue weighted by Crippen LogP contribution is -2.13. The number of allylic oxidation sites excluding steroid dienone is 1. The highest BCUT2D eigenvalue weighted by molar-refractivity contribution is 5.88. The normalized spacial score (nSPS) is 10.7. The molecular formula is C13H15NO2. The minimum absolute atomic E-state index is 0.236. The first-order valence-electron chi connectivity index (χ1n) is 4.99. The first kappa shape index (κ1) is 12.0. The largest absolute Gasteiger partial charge is 0.493 e. The van der Waals surface area contributed by atoms with Crippen LogP contribution in [0.4, 0.5) is 0 Å². The maximum absolute atomic E-state index is 11.1. The number of rotatable bonds is 5. The summed E-state index contributed by atoms with van der Waals surface area (Å²) >= 11 is 0. The van der Waals surface area contributed by atoms with E-state index >= 15 is 0 Å². The molecule has 0 spiro atoms. The quantitative estimate of drug-likeness (QED) is 0.607. The smallest absolute Gasteiger partial charge is 0.251 e. The number of nitrogens with one attached hydrogen (secondary N) is 1. The van der Waals surface area contributed by atoms with E-state index in [1.54, 1.807) is 6.92 Å². The summed E-state index contributed by atoms with van der Waals surface area (Å²) in [6, 6.07) is 9.78. The number of hydrogen-bond acceptors (Lipinski definition) is 2. The molecule has 0 heterocycles. The average Bonchev–Trinajstić information content (AvgIpc) is 2.28. The number of amides is 1. The number of hydrogen-bond donors (Lipinski definition) is 1. The molecule has 0 unspecified atom stereocenters. The van der Waals surface area contributed by atoms with Crippen LogP contribution in [0.5, 0.6) is 0 Å². The Morgan fingerprint density at radius 2 is 2.12 bits per heavy atom. The van der Waals surface area contributed by atoms with Crippen LogP contribution in [0.25, 0.3) is 0 Å². The predicted octanol–water partition coefficient (Wildman–Crippen LogP) is 2.37. The van der Waals surface area contributed by atoms with Gasteiger partial charge in [-0.15, -0.1) is 0 Å². The Bertz CT molecular complexity index is 382. The molecule has 3 heteroatoms. The van der Waals surface area contributed by atoms with E-state index < -0.39 is 0 Å². The second-order valence-electron chi connectivity index (χ2n) is 3.24. The van der Waals surface area contributed by atoms with Gasteiger partial charge in [0.2, 0.25) is 0 Å². The monoisotopic (exact) mass is 217 g/mol. The molecule has 1 amide bonds. The van der Waals surface area contributed by atoms with E-state index in [0.29, 0.717) is 12.4 Å². The lowest BCUT2D eigenvalue weighted by Gasteiger charge is -2.05. The fourth-order valence-corrected chi connectivity index (χ4v) is 1.14. The first-order chi connectivity index (χ1) is 7.72. The number of carbonyl (C=O) groups excluding carboxylic acids is 1. The molecule has 1 N–H and O–H groups in total. The van der Waals surface area contributed by atoms with Crippen LogP contribution in [0.2, 0.25) is 0 Å². The van der Waals surface area contributed by atoms with Crippen molar-refractivity contribution in [2.75, 3.05) is 0 Å². The summed E-state index contributed by atoms with van der Waals surface area (Å²) in [5.74, 6) is 0.337. The summed E-state index contributed by atoms with van der Waals surface area (Å²) in [6.07, 6.45) is 2.73. The number of benzene rings is 1. The van der Waals surface area contributed by atoms with Crippen LogP contribution in [0.3, 0.4) is 0 Å². The fourth-order valence-electron chi connectivity index (χ4n) is 1.14. The average molecular weight is 217 g/mol. The van der Waals surface area contributed by atoms with Gasteiger partial charge in [-0.25, -0.2) is 0 Å². The standard InChI is InChI=1S/C13H15NO2/c1-3-14-13(15)9-11(2)16-10-12-7-5-4-6-8-12/h3-9H,1,10H2,2H3,(H,14,15)/b11-9+. The minimum Gasteiger partial charge on any atom is -0.493 e. The molecular weight excluding hydrogens is 202 g/mol. The highest BCUT2D eigenvalue weighted by Crippen LogP contribution is 2.04.